The summed E-state index contributed by atoms with van der Waals surface area (Å²) >= 11 is 12.7. The highest BCUT2D eigenvalue weighted by Crippen LogP contribution is 2.43. The molecule has 1 aliphatic carbocycles. The molecule has 0 aromatic heterocycles. The Morgan fingerprint density at radius 1 is 1.08 bits per heavy atom. The molecule has 1 unspecified atom stereocenters. The van der Waals surface area contributed by atoms with Gasteiger partial charge >= 0.3 is 0 Å². The summed E-state index contributed by atoms with van der Waals surface area (Å²) in [7, 11) is 0.500. The van der Waals surface area contributed by atoms with Gasteiger partial charge in [-0.05, 0) is 79.2 Å². The predicted octanol–water partition coefficient (Wildman–Crippen LogP) is 8.74. The largest absolute Gasteiger partial charge is 0.306 e. The molecule has 1 aliphatic rings. The van der Waals surface area contributed by atoms with Crippen LogP contribution < -0.4 is 5.32 Å². The second kappa shape index (κ2) is 15.6. The molecule has 3 rings (SSSR count). The summed E-state index contributed by atoms with van der Waals surface area (Å²) in [4.78, 5) is 13.1. The third-order valence-electron chi connectivity index (χ3n) is 6.06. The monoisotopic (exact) mass is 531 g/mol. The molecule has 2 nitrogen and oxygen atoms in total. The van der Waals surface area contributed by atoms with Gasteiger partial charge in [-0.2, -0.15) is 0 Å². The average molecular weight is 533 g/mol. The Balaban J connectivity index is 0.00000222. The van der Waals surface area contributed by atoms with Crippen LogP contribution in [0.25, 0.3) is 11.1 Å². The summed E-state index contributed by atoms with van der Waals surface area (Å²) in [5, 5.41) is 4.45. The molecule has 0 saturated carbocycles. The van der Waals surface area contributed by atoms with Gasteiger partial charge in [-0.3, -0.25) is 9.18 Å². The van der Waals surface area contributed by atoms with Gasteiger partial charge < -0.3 is 5.32 Å². The maximum atomic E-state index is 13.1. The molecule has 0 heterocycles. The molecule has 1 N–H and O–H groups in total. The molecule has 1 atom stereocenters. The first-order valence-corrected chi connectivity index (χ1v) is 12.6. The Morgan fingerprint density at radius 3 is 2.44 bits per heavy atom. The van der Waals surface area contributed by atoms with Crippen molar-refractivity contribution in [2.24, 2.45) is 5.92 Å². The van der Waals surface area contributed by atoms with Crippen molar-refractivity contribution < 1.29 is 13.6 Å². The molecule has 0 fully saturated rings. The van der Waals surface area contributed by atoms with E-state index >= 15 is 0 Å². The van der Waals surface area contributed by atoms with Crippen molar-refractivity contribution in [3.8, 4) is 0 Å². The van der Waals surface area contributed by atoms with Gasteiger partial charge in [0.05, 0.1) is 20.1 Å². The molecule has 2 aromatic rings. The highest BCUT2D eigenvalue weighted by Gasteiger charge is 2.28. The van der Waals surface area contributed by atoms with E-state index in [9.17, 15) is 13.6 Å². The van der Waals surface area contributed by atoms with Crippen LogP contribution in [0.1, 0.15) is 42.9 Å². The standard InChI is InChI=1S/C29H30Cl2FNO.CH3F/c1-3-5-21(6-4-15-32)18-33-19-29(34)23-11-13-25(26-14-12-24(30)17-28(26)31)27(16-23)22-9-7-20(2)8-10-22;1-2/h3-10,12,14-15,17,23,33H,11,13,16,18-19H2,1-2H3;1H3/b5-3-,15-4+,21-6+;. The number of allylic oxidation sites excluding steroid dienone is 5. The Morgan fingerprint density at radius 2 is 1.81 bits per heavy atom. The fourth-order valence-corrected chi connectivity index (χ4v) is 4.84. The first-order chi connectivity index (χ1) is 17.4. The minimum atomic E-state index is -0.0708. The number of alkyl halides is 1. The lowest BCUT2D eigenvalue weighted by Crippen LogP contribution is -2.31. The van der Waals surface area contributed by atoms with E-state index in [1.807, 2.05) is 31.2 Å². The minimum absolute atomic E-state index is 0.0708. The van der Waals surface area contributed by atoms with Gasteiger partial charge in [0.25, 0.3) is 0 Å². The van der Waals surface area contributed by atoms with Crippen LogP contribution in [0.2, 0.25) is 10.0 Å². The fourth-order valence-electron chi connectivity index (χ4n) is 4.32. The molecule has 0 saturated heterocycles. The van der Waals surface area contributed by atoms with Crippen LogP contribution in [-0.2, 0) is 4.79 Å². The van der Waals surface area contributed by atoms with Gasteiger partial charge in [0.2, 0.25) is 0 Å². The molecule has 0 spiro atoms. The molecule has 0 radical (unpaired) electrons. The van der Waals surface area contributed by atoms with Crippen LogP contribution in [0.3, 0.4) is 0 Å². The summed E-state index contributed by atoms with van der Waals surface area (Å²) in [6.07, 6.45) is 9.54. The maximum absolute atomic E-state index is 13.1. The van der Waals surface area contributed by atoms with Crippen LogP contribution in [0.5, 0.6) is 0 Å². The summed E-state index contributed by atoms with van der Waals surface area (Å²) < 4.78 is 21.8. The number of carbonyl (C=O) groups is 1. The zero-order valence-corrected chi connectivity index (χ0v) is 22.5. The third kappa shape index (κ3) is 8.55. The zero-order chi connectivity index (χ0) is 26.5. The number of hydrogen-bond donors (Lipinski definition) is 1. The summed E-state index contributed by atoms with van der Waals surface area (Å²) in [5.41, 5.74) is 6.54. The molecule has 36 heavy (non-hydrogen) atoms. The number of aryl methyl sites for hydroxylation is 1. The number of Topliss-reactive ketones (excluding diaryl/α,β-unsaturated/α-hetero) is 1. The lowest BCUT2D eigenvalue weighted by molar-refractivity contribution is -0.122. The van der Waals surface area contributed by atoms with Crippen molar-refractivity contribution in [1.82, 2.24) is 5.32 Å². The molecule has 0 bridgehead atoms. The first-order valence-electron chi connectivity index (χ1n) is 11.9. The Bertz CT molecular complexity index is 1130. The van der Waals surface area contributed by atoms with Crippen molar-refractivity contribution >= 4 is 40.1 Å². The van der Waals surface area contributed by atoms with Crippen molar-refractivity contribution in [1.29, 1.82) is 0 Å². The zero-order valence-electron chi connectivity index (χ0n) is 21.0. The van der Waals surface area contributed by atoms with Gasteiger partial charge in [0.15, 0.2) is 0 Å². The van der Waals surface area contributed by atoms with Crippen molar-refractivity contribution in [3.63, 3.8) is 0 Å². The quantitative estimate of drug-likeness (QED) is 0.327. The highest BCUT2D eigenvalue weighted by atomic mass is 35.5. The van der Waals surface area contributed by atoms with Crippen molar-refractivity contribution in [3.05, 3.63) is 105 Å². The molecular weight excluding hydrogens is 499 g/mol. The lowest BCUT2D eigenvalue weighted by Gasteiger charge is -2.28. The molecule has 192 valence electrons. The topological polar surface area (TPSA) is 29.1 Å². The first kappa shape index (κ1) is 29.7. The van der Waals surface area contributed by atoms with E-state index in [4.69, 9.17) is 23.2 Å². The van der Waals surface area contributed by atoms with Gasteiger partial charge in [0.1, 0.15) is 5.78 Å². The van der Waals surface area contributed by atoms with E-state index in [1.165, 1.54) is 17.2 Å². The Labute approximate surface area is 223 Å². The molecule has 2 aromatic carbocycles. The second-order valence-corrected chi connectivity index (χ2v) is 9.36. The van der Waals surface area contributed by atoms with Gasteiger partial charge in [0, 0.05) is 22.5 Å². The van der Waals surface area contributed by atoms with E-state index in [2.05, 4.69) is 36.5 Å². The van der Waals surface area contributed by atoms with Crippen LogP contribution in [0.4, 0.5) is 8.78 Å². The average Bonchev–Trinajstić information content (AvgIpc) is 2.88. The number of hydrogen-bond acceptors (Lipinski definition) is 2. The Kier molecular flexibility index (Phi) is 12.8. The lowest BCUT2D eigenvalue weighted by atomic mass is 9.77. The number of benzene rings is 2. The number of nitrogens with one attached hydrogen (secondary N) is 1. The molecule has 0 amide bonds. The number of halogens is 4. The molecule has 6 heteroatoms. The third-order valence-corrected chi connectivity index (χ3v) is 6.61. The SMILES string of the molecule is CF.C\C=C/C(=C\C=C\F)CNCC(=O)C1CCC(c2ccc(Cl)cc2Cl)=C(c2ccc(C)cc2)C1. The fraction of sp³-hybridized carbons (Fsp3) is 0.300. The van der Waals surface area contributed by atoms with Gasteiger partial charge in [-0.1, -0.05) is 77.3 Å². The summed E-state index contributed by atoms with van der Waals surface area (Å²) in [5.74, 6) is 0.116. The van der Waals surface area contributed by atoms with Gasteiger partial charge in [-0.15, -0.1) is 0 Å². The van der Waals surface area contributed by atoms with E-state index in [0.29, 0.717) is 36.5 Å². The van der Waals surface area contributed by atoms with Crippen molar-refractivity contribution in [2.75, 3.05) is 20.3 Å². The Hall–Kier alpha value is -2.53. The van der Waals surface area contributed by atoms with E-state index in [0.717, 1.165) is 35.1 Å². The second-order valence-electron chi connectivity index (χ2n) is 8.52. The van der Waals surface area contributed by atoms with Crippen LogP contribution in [0.15, 0.2) is 78.7 Å². The summed E-state index contributed by atoms with van der Waals surface area (Å²) in [6, 6.07) is 14.0. The minimum Gasteiger partial charge on any atom is -0.306 e. The smallest absolute Gasteiger partial charge is 0.150 e. The number of ketones is 1. The van der Waals surface area contributed by atoms with Crippen molar-refractivity contribution in [2.45, 2.75) is 33.1 Å². The van der Waals surface area contributed by atoms with Gasteiger partial charge in [-0.25, -0.2) is 4.39 Å². The van der Waals surface area contributed by atoms with E-state index in [-0.39, 0.29) is 18.2 Å². The number of rotatable bonds is 9. The molecular formula is C30H33Cl2F2NO. The number of carbonyl (C=O) groups excluding carboxylic acids is 1. The highest BCUT2D eigenvalue weighted by molar-refractivity contribution is 6.36. The summed E-state index contributed by atoms with van der Waals surface area (Å²) in [6.45, 7) is 4.74. The van der Waals surface area contributed by atoms with Crippen LogP contribution in [0, 0.1) is 12.8 Å². The van der Waals surface area contributed by atoms with E-state index in [1.54, 1.807) is 12.1 Å². The normalized spacial score (nSPS) is 16.4. The maximum Gasteiger partial charge on any atom is 0.150 e. The predicted molar refractivity (Wildman–Crippen MR) is 150 cm³/mol. The molecule has 0 aliphatic heterocycles. The van der Waals surface area contributed by atoms with Crippen LogP contribution in [-0.4, -0.2) is 26.1 Å². The van der Waals surface area contributed by atoms with Crippen LogP contribution >= 0.6 is 23.2 Å². The van der Waals surface area contributed by atoms with E-state index < -0.39 is 0 Å².